The largest absolute Gasteiger partial charge is 0.376 e. The molecule has 2 rings (SSSR count). The van der Waals surface area contributed by atoms with Gasteiger partial charge < -0.3 is 4.74 Å². The molecule has 0 spiro atoms. The minimum atomic E-state index is 0.841. The van der Waals surface area contributed by atoms with Crippen molar-refractivity contribution in [2.75, 3.05) is 6.61 Å². The van der Waals surface area contributed by atoms with Gasteiger partial charge in [-0.2, -0.15) is 0 Å². The van der Waals surface area contributed by atoms with E-state index in [1.54, 1.807) is 0 Å². The van der Waals surface area contributed by atoms with Gasteiger partial charge in [-0.05, 0) is 25.0 Å². The van der Waals surface area contributed by atoms with E-state index in [1.165, 1.54) is 15.3 Å². The molecule has 0 unspecified atom stereocenters. The molecule has 54 valence electrons. The first-order chi connectivity index (χ1) is 4.86. The zero-order valence-electron chi connectivity index (χ0n) is 6.02. The highest BCUT2D eigenvalue weighted by atomic mass is 32.1. The van der Waals surface area contributed by atoms with E-state index in [9.17, 15) is 0 Å². The summed E-state index contributed by atoms with van der Waals surface area (Å²) in [5, 5.41) is 0. The van der Waals surface area contributed by atoms with Crippen LogP contribution in [-0.4, -0.2) is 6.61 Å². The van der Waals surface area contributed by atoms with Crippen LogP contribution in [0.3, 0.4) is 0 Å². The van der Waals surface area contributed by atoms with Crippen molar-refractivity contribution in [2.45, 2.75) is 20.0 Å². The molecule has 1 nitrogen and oxygen atoms in total. The van der Waals surface area contributed by atoms with E-state index < -0.39 is 0 Å². The van der Waals surface area contributed by atoms with Crippen LogP contribution in [0.1, 0.15) is 15.3 Å². The van der Waals surface area contributed by atoms with Crippen LogP contribution < -0.4 is 0 Å². The van der Waals surface area contributed by atoms with Gasteiger partial charge in [0.1, 0.15) is 0 Å². The van der Waals surface area contributed by atoms with Gasteiger partial charge in [-0.1, -0.05) is 0 Å². The van der Waals surface area contributed by atoms with E-state index in [-0.39, 0.29) is 0 Å². The second-order valence-electron chi connectivity index (χ2n) is 2.61. The first-order valence-electron chi connectivity index (χ1n) is 3.52. The molecule has 2 heteroatoms. The van der Waals surface area contributed by atoms with Crippen LogP contribution >= 0.6 is 11.3 Å². The van der Waals surface area contributed by atoms with E-state index in [2.05, 4.69) is 13.0 Å². The van der Waals surface area contributed by atoms with E-state index in [0.29, 0.717) is 0 Å². The molecular formula is C8H10OS. The lowest BCUT2D eigenvalue weighted by Crippen LogP contribution is -2.05. The van der Waals surface area contributed by atoms with Gasteiger partial charge in [-0.3, -0.25) is 0 Å². The van der Waals surface area contributed by atoms with Crippen LogP contribution in [0.4, 0.5) is 0 Å². The fourth-order valence-electron chi connectivity index (χ4n) is 1.30. The summed E-state index contributed by atoms with van der Waals surface area (Å²) in [6.45, 7) is 3.90. The van der Waals surface area contributed by atoms with Crippen LogP contribution in [0.5, 0.6) is 0 Å². The fourth-order valence-corrected chi connectivity index (χ4v) is 2.32. The van der Waals surface area contributed by atoms with Crippen LogP contribution in [0.25, 0.3) is 0 Å². The summed E-state index contributed by atoms with van der Waals surface area (Å²) in [6, 6.07) is 2.28. The van der Waals surface area contributed by atoms with Crippen molar-refractivity contribution in [1.29, 1.82) is 0 Å². The second-order valence-corrected chi connectivity index (χ2v) is 3.95. The molecule has 0 atom stereocenters. The maximum atomic E-state index is 5.32. The molecule has 0 aromatic carbocycles. The Morgan fingerprint density at radius 3 is 3.30 bits per heavy atom. The topological polar surface area (TPSA) is 9.23 Å². The molecule has 0 amide bonds. The van der Waals surface area contributed by atoms with Crippen molar-refractivity contribution in [2.24, 2.45) is 0 Å². The number of thiophene rings is 1. The molecule has 0 N–H and O–H groups in total. The van der Waals surface area contributed by atoms with Gasteiger partial charge in [-0.15, -0.1) is 11.3 Å². The molecule has 1 aliphatic heterocycles. The molecule has 0 fully saturated rings. The van der Waals surface area contributed by atoms with Gasteiger partial charge in [0, 0.05) is 9.75 Å². The molecule has 0 aliphatic carbocycles. The lowest BCUT2D eigenvalue weighted by molar-refractivity contribution is 0.113. The third-order valence-electron chi connectivity index (χ3n) is 1.77. The number of aryl methyl sites for hydroxylation is 1. The minimum absolute atomic E-state index is 0.841. The lowest BCUT2D eigenvalue weighted by Gasteiger charge is -2.10. The van der Waals surface area contributed by atoms with Crippen molar-refractivity contribution >= 4 is 11.3 Å². The SMILES string of the molecule is Cc1cc2c(s1)COCC2. The fraction of sp³-hybridized carbons (Fsp3) is 0.500. The van der Waals surface area contributed by atoms with E-state index >= 15 is 0 Å². The zero-order chi connectivity index (χ0) is 6.97. The Labute approximate surface area is 64.6 Å². The molecule has 10 heavy (non-hydrogen) atoms. The van der Waals surface area contributed by atoms with Crippen LogP contribution in [0, 0.1) is 6.92 Å². The predicted molar refractivity (Wildman–Crippen MR) is 42.4 cm³/mol. The van der Waals surface area contributed by atoms with Gasteiger partial charge in [0.2, 0.25) is 0 Å². The lowest BCUT2D eigenvalue weighted by atomic mass is 10.1. The average molecular weight is 154 g/mol. The maximum Gasteiger partial charge on any atom is 0.0812 e. The Balaban J connectivity index is 2.41. The van der Waals surface area contributed by atoms with Gasteiger partial charge in [0.05, 0.1) is 13.2 Å². The molecule has 0 saturated carbocycles. The number of hydrogen-bond donors (Lipinski definition) is 0. The maximum absolute atomic E-state index is 5.32. The van der Waals surface area contributed by atoms with Crippen LogP contribution in [0.15, 0.2) is 6.07 Å². The van der Waals surface area contributed by atoms with Crippen molar-refractivity contribution in [3.63, 3.8) is 0 Å². The number of hydrogen-bond acceptors (Lipinski definition) is 2. The molecule has 0 radical (unpaired) electrons. The second kappa shape index (κ2) is 2.36. The quantitative estimate of drug-likeness (QED) is 0.556. The molecule has 1 aromatic heterocycles. The Bertz CT molecular complexity index is 216. The van der Waals surface area contributed by atoms with Gasteiger partial charge in [0.15, 0.2) is 0 Å². The van der Waals surface area contributed by atoms with E-state index in [1.807, 2.05) is 11.3 Å². The van der Waals surface area contributed by atoms with E-state index in [4.69, 9.17) is 4.74 Å². The van der Waals surface area contributed by atoms with Crippen LogP contribution in [0.2, 0.25) is 0 Å². The Morgan fingerprint density at radius 2 is 2.50 bits per heavy atom. The number of ether oxygens (including phenoxy) is 1. The Morgan fingerprint density at radius 1 is 1.60 bits per heavy atom. The monoisotopic (exact) mass is 154 g/mol. The van der Waals surface area contributed by atoms with Crippen LogP contribution in [-0.2, 0) is 17.8 Å². The third-order valence-corrected chi connectivity index (χ3v) is 2.83. The highest BCUT2D eigenvalue weighted by Gasteiger charge is 2.11. The van der Waals surface area contributed by atoms with Gasteiger partial charge in [-0.25, -0.2) is 0 Å². The van der Waals surface area contributed by atoms with Crippen molar-refractivity contribution in [3.05, 3.63) is 21.4 Å². The molecule has 0 saturated heterocycles. The summed E-state index contributed by atoms with van der Waals surface area (Å²) in [6.07, 6.45) is 1.11. The summed E-state index contributed by atoms with van der Waals surface area (Å²) in [4.78, 5) is 2.85. The van der Waals surface area contributed by atoms with Crippen molar-refractivity contribution in [1.82, 2.24) is 0 Å². The Hall–Kier alpha value is -0.340. The summed E-state index contributed by atoms with van der Waals surface area (Å²) >= 11 is 1.87. The highest BCUT2D eigenvalue weighted by Crippen LogP contribution is 2.25. The predicted octanol–water partition coefficient (Wildman–Crippen LogP) is 2.13. The minimum Gasteiger partial charge on any atom is -0.376 e. The highest BCUT2D eigenvalue weighted by molar-refractivity contribution is 7.12. The van der Waals surface area contributed by atoms with Crippen molar-refractivity contribution in [3.8, 4) is 0 Å². The molecule has 1 aromatic rings. The first-order valence-corrected chi connectivity index (χ1v) is 4.34. The standard InChI is InChI=1S/C8H10OS/c1-6-4-7-2-3-9-5-8(7)10-6/h4H,2-3,5H2,1H3. The summed E-state index contributed by atoms with van der Waals surface area (Å²) in [5.41, 5.74) is 1.51. The smallest absolute Gasteiger partial charge is 0.0812 e. The van der Waals surface area contributed by atoms with Gasteiger partial charge >= 0.3 is 0 Å². The van der Waals surface area contributed by atoms with E-state index in [0.717, 1.165) is 19.6 Å². The Kier molecular flexibility index (Phi) is 1.51. The molecule has 2 heterocycles. The molecule has 1 aliphatic rings. The number of rotatable bonds is 0. The zero-order valence-corrected chi connectivity index (χ0v) is 6.83. The first kappa shape index (κ1) is 6.38. The van der Waals surface area contributed by atoms with Gasteiger partial charge in [0.25, 0.3) is 0 Å². The average Bonchev–Trinajstić information content (AvgIpc) is 2.27. The molecular weight excluding hydrogens is 144 g/mol. The molecule has 0 bridgehead atoms. The summed E-state index contributed by atoms with van der Waals surface area (Å²) in [5.74, 6) is 0. The summed E-state index contributed by atoms with van der Waals surface area (Å²) < 4.78 is 5.32. The number of fused-ring (bicyclic) bond motifs is 1. The normalized spacial score (nSPS) is 16.9. The third kappa shape index (κ3) is 0.976. The summed E-state index contributed by atoms with van der Waals surface area (Å²) in [7, 11) is 0. The van der Waals surface area contributed by atoms with Crippen molar-refractivity contribution < 1.29 is 4.74 Å².